The molecule has 11 rings (SSSR count). The van der Waals surface area contributed by atoms with Crippen LogP contribution < -0.4 is 0 Å². The zero-order valence-electron chi connectivity index (χ0n) is 27.0. The van der Waals surface area contributed by atoms with Crippen molar-refractivity contribution >= 4 is 22.1 Å². The Morgan fingerprint density at radius 1 is 0.420 bits per heavy atom. The van der Waals surface area contributed by atoms with E-state index in [2.05, 4.69) is 133 Å². The molecule has 0 amide bonds. The number of furan rings is 1. The number of benzene rings is 7. The maximum atomic E-state index is 6.60. The summed E-state index contributed by atoms with van der Waals surface area (Å²) in [6, 6.07) is 60.7. The minimum absolute atomic E-state index is 0.385. The molecule has 3 nitrogen and oxygen atoms in total. The van der Waals surface area contributed by atoms with Crippen molar-refractivity contribution in [2.45, 2.75) is 5.41 Å². The Labute approximate surface area is 289 Å². The molecule has 1 spiro atoms. The molecular formula is C47H28N2O. The second-order valence-electron chi connectivity index (χ2n) is 13.2. The van der Waals surface area contributed by atoms with Crippen molar-refractivity contribution < 1.29 is 4.42 Å². The van der Waals surface area contributed by atoms with E-state index in [1.165, 1.54) is 50.1 Å². The summed E-state index contributed by atoms with van der Waals surface area (Å²) < 4.78 is 6.60. The van der Waals surface area contributed by atoms with Crippen molar-refractivity contribution in [2.75, 3.05) is 0 Å². The molecule has 2 aromatic heterocycles. The summed E-state index contributed by atoms with van der Waals surface area (Å²) in [6.45, 7) is 0. The van der Waals surface area contributed by atoms with Crippen LogP contribution in [0.25, 0.3) is 78.1 Å². The minimum atomic E-state index is -0.385. The van der Waals surface area contributed by atoms with Crippen molar-refractivity contribution in [3.8, 4) is 56.0 Å². The van der Waals surface area contributed by atoms with Crippen LogP contribution in [0.4, 0.5) is 0 Å². The van der Waals surface area contributed by atoms with Crippen LogP contribution >= 0.6 is 0 Å². The second-order valence-corrected chi connectivity index (χ2v) is 13.2. The van der Waals surface area contributed by atoms with Gasteiger partial charge in [-0.3, -0.25) is 0 Å². The lowest BCUT2D eigenvalue weighted by Crippen LogP contribution is -2.25. The number of aromatic nitrogens is 2. The molecule has 232 valence electrons. The van der Waals surface area contributed by atoms with E-state index in [1.807, 2.05) is 36.4 Å². The molecular weight excluding hydrogens is 609 g/mol. The lowest BCUT2D eigenvalue weighted by molar-refractivity contribution is 0.667. The molecule has 0 unspecified atom stereocenters. The van der Waals surface area contributed by atoms with Gasteiger partial charge in [0.1, 0.15) is 16.8 Å². The molecule has 0 radical (unpaired) electrons. The fraction of sp³-hybridized carbons (Fsp3) is 0.0213. The first-order valence-electron chi connectivity index (χ1n) is 17.1. The van der Waals surface area contributed by atoms with Crippen LogP contribution in [0.3, 0.4) is 0 Å². The molecule has 3 heteroatoms. The van der Waals surface area contributed by atoms with Crippen molar-refractivity contribution in [2.24, 2.45) is 0 Å². The summed E-state index contributed by atoms with van der Waals surface area (Å²) in [5, 5.41) is 0.976. The third-order valence-electron chi connectivity index (χ3n) is 10.7. The van der Waals surface area contributed by atoms with Gasteiger partial charge in [-0.15, -0.1) is 0 Å². The van der Waals surface area contributed by atoms with Gasteiger partial charge in [0.25, 0.3) is 0 Å². The highest BCUT2D eigenvalue weighted by atomic mass is 16.3. The fourth-order valence-electron chi connectivity index (χ4n) is 8.70. The Bertz CT molecular complexity index is 2770. The van der Waals surface area contributed by atoms with Crippen molar-refractivity contribution in [3.05, 3.63) is 192 Å². The number of fused-ring (bicyclic) bond motifs is 13. The highest BCUT2D eigenvalue weighted by Gasteiger charge is 2.51. The van der Waals surface area contributed by atoms with Gasteiger partial charge >= 0.3 is 0 Å². The molecule has 2 aliphatic rings. The summed E-state index contributed by atoms with van der Waals surface area (Å²) in [5.41, 5.74) is 17.6. The van der Waals surface area contributed by atoms with E-state index in [-0.39, 0.29) is 5.41 Å². The molecule has 9 aromatic rings. The number of hydrogen-bond acceptors (Lipinski definition) is 3. The summed E-state index contributed by atoms with van der Waals surface area (Å²) in [7, 11) is 0. The van der Waals surface area contributed by atoms with E-state index in [0.717, 1.165) is 38.9 Å². The smallest absolute Gasteiger partial charge is 0.180 e. The highest BCUT2D eigenvalue weighted by Crippen LogP contribution is 2.64. The largest absolute Gasteiger partial charge is 0.452 e. The lowest BCUT2D eigenvalue weighted by Gasteiger charge is -2.30. The Morgan fingerprint density at radius 3 is 1.68 bits per heavy atom. The predicted octanol–water partition coefficient (Wildman–Crippen LogP) is 11.7. The summed E-state index contributed by atoms with van der Waals surface area (Å²) in [5.74, 6) is 0.681. The monoisotopic (exact) mass is 636 g/mol. The normalized spacial score (nSPS) is 13.4. The molecule has 2 aliphatic carbocycles. The SMILES string of the molecule is c1ccc(-c2nc(-c3ccccc3)c3oc4ccc(-c5cccc6c5-c5ccccc5C65c6ccccc6-c6ccccc65)cc4c3n2)cc1. The van der Waals surface area contributed by atoms with Gasteiger partial charge in [-0.2, -0.15) is 0 Å². The van der Waals surface area contributed by atoms with Gasteiger partial charge in [-0.05, 0) is 67.8 Å². The second kappa shape index (κ2) is 10.2. The van der Waals surface area contributed by atoms with Gasteiger partial charge in [0.2, 0.25) is 0 Å². The fourth-order valence-corrected chi connectivity index (χ4v) is 8.70. The van der Waals surface area contributed by atoms with Crippen LogP contribution in [0, 0.1) is 0 Å². The van der Waals surface area contributed by atoms with E-state index in [9.17, 15) is 0 Å². The third-order valence-corrected chi connectivity index (χ3v) is 10.7. The zero-order valence-corrected chi connectivity index (χ0v) is 27.0. The van der Waals surface area contributed by atoms with Gasteiger partial charge in [-0.1, -0.05) is 158 Å². The van der Waals surface area contributed by atoms with E-state index >= 15 is 0 Å². The maximum Gasteiger partial charge on any atom is 0.180 e. The van der Waals surface area contributed by atoms with Gasteiger partial charge < -0.3 is 4.42 Å². The zero-order chi connectivity index (χ0) is 32.8. The Morgan fingerprint density at radius 2 is 0.980 bits per heavy atom. The van der Waals surface area contributed by atoms with Crippen molar-refractivity contribution in [1.82, 2.24) is 9.97 Å². The number of rotatable bonds is 3. The molecule has 2 heterocycles. The first kappa shape index (κ1) is 27.4. The van der Waals surface area contributed by atoms with E-state index < -0.39 is 0 Å². The maximum absolute atomic E-state index is 6.60. The third kappa shape index (κ3) is 3.58. The van der Waals surface area contributed by atoms with Gasteiger partial charge in [0.15, 0.2) is 11.4 Å². The summed E-state index contributed by atoms with van der Waals surface area (Å²) in [4.78, 5) is 10.2. The summed E-state index contributed by atoms with van der Waals surface area (Å²) >= 11 is 0. The Hall–Kier alpha value is -6.58. The van der Waals surface area contributed by atoms with Gasteiger partial charge in [-0.25, -0.2) is 9.97 Å². The molecule has 0 aliphatic heterocycles. The van der Waals surface area contributed by atoms with E-state index in [4.69, 9.17) is 14.4 Å². The van der Waals surface area contributed by atoms with Crippen LogP contribution in [0.2, 0.25) is 0 Å². The topological polar surface area (TPSA) is 38.9 Å². The van der Waals surface area contributed by atoms with E-state index in [1.54, 1.807) is 0 Å². The van der Waals surface area contributed by atoms with Crippen LogP contribution in [-0.4, -0.2) is 9.97 Å². The molecule has 0 atom stereocenters. The first-order chi connectivity index (χ1) is 24.8. The quantitative estimate of drug-likeness (QED) is 0.194. The highest BCUT2D eigenvalue weighted by molar-refractivity contribution is 6.09. The van der Waals surface area contributed by atoms with Crippen LogP contribution in [0.15, 0.2) is 174 Å². The van der Waals surface area contributed by atoms with Crippen LogP contribution in [0.5, 0.6) is 0 Å². The Kier molecular flexibility index (Phi) is 5.59. The molecule has 0 N–H and O–H groups in total. The molecule has 0 saturated carbocycles. The average molecular weight is 637 g/mol. The lowest BCUT2D eigenvalue weighted by atomic mass is 9.70. The molecule has 0 saturated heterocycles. The average Bonchev–Trinajstić information content (AvgIpc) is 3.82. The number of hydrogen-bond donors (Lipinski definition) is 0. The Balaban J connectivity index is 1.18. The van der Waals surface area contributed by atoms with Gasteiger partial charge in [0.05, 0.1) is 5.41 Å². The molecule has 50 heavy (non-hydrogen) atoms. The molecule has 0 fully saturated rings. The van der Waals surface area contributed by atoms with Crippen LogP contribution in [0.1, 0.15) is 22.3 Å². The number of nitrogens with zero attached hydrogens (tertiary/aromatic N) is 2. The standard InChI is InChI=1S/C47H28N2O/c1-3-14-29(15-4-1)43-45-44(49-46(48-43)30-16-5-2-6-17-30)36-28-31(26-27-41(36)50-45)32-21-13-25-40-42(32)35-20-9-12-24-39(35)47(40)37-22-10-7-18-33(37)34-19-8-11-23-38(34)47/h1-28H. The molecule has 7 aromatic carbocycles. The van der Waals surface area contributed by atoms with Crippen LogP contribution in [-0.2, 0) is 5.41 Å². The predicted molar refractivity (Wildman–Crippen MR) is 202 cm³/mol. The summed E-state index contributed by atoms with van der Waals surface area (Å²) in [6.07, 6.45) is 0. The van der Waals surface area contributed by atoms with E-state index in [0.29, 0.717) is 11.4 Å². The van der Waals surface area contributed by atoms with Crippen molar-refractivity contribution in [1.29, 1.82) is 0 Å². The van der Waals surface area contributed by atoms with Gasteiger partial charge in [0, 0.05) is 16.5 Å². The van der Waals surface area contributed by atoms with Crippen molar-refractivity contribution in [3.63, 3.8) is 0 Å². The first-order valence-corrected chi connectivity index (χ1v) is 17.1. The molecule has 0 bridgehead atoms. The minimum Gasteiger partial charge on any atom is -0.452 e.